The maximum atomic E-state index is 12.1. The van der Waals surface area contributed by atoms with Gasteiger partial charge in [-0.05, 0) is 42.2 Å². The molecule has 0 amide bonds. The molecule has 0 saturated carbocycles. The third-order valence-corrected chi connectivity index (χ3v) is 3.03. The highest BCUT2D eigenvalue weighted by Gasteiger charge is 2.08. The van der Waals surface area contributed by atoms with Crippen molar-refractivity contribution in [3.8, 4) is 17.6 Å². The van der Waals surface area contributed by atoms with Gasteiger partial charge in [0, 0.05) is 5.56 Å². The minimum absolute atomic E-state index is 0.234. The Hall–Kier alpha value is -2.53. The van der Waals surface area contributed by atoms with E-state index in [0.717, 1.165) is 12.0 Å². The molecule has 2 aromatic rings. The van der Waals surface area contributed by atoms with E-state index < -0.39 is 0 Å². The number of rotatable bonds is 3. The first kappa shape index (κ1) is 13.9. The molecule has 0 fully saturated rings. The maximum Gasteiger partial charge on any atom is 0.239 e. The third kappa shape index (κ3) is 3.27. The molecule has 0 unspecified atom stereocenters. The molecule has 0 saturated heterocycles. The summed E-state index contributed by atoms with van der Waals surface area (Å²) in [7, 11) is 1.54. The molecule has 20 heavy (non-hydrogen) atoms. The fourth-order valence-electron chi connectivity index (χ4n) is 1.85. The second-order valence-corrected chi connectivity index (χ2v) is 4.33. The number of carbonyl (C=O) groups excluding carboxylic acids is 1. The van der Waals surface area contributed by atoms with Crippen LogP contribution in [0.25, 0.3) is 0 Å². The van der Waals surface area contributed by atoms with Crippen LogP contribution in [0.3, 0.4) is 0 Å². The summed E-state index contributed by atoms with van der Waals surface area (Å²) in [5.41, 5.74) is 2.59. The van der Waals surface area contributed by atoms with Crippen LogP contribution < -0.4 is 4.74 Å². The lowest BCUT2D eigenvalue weighted by Gasteiger charge is -2.03. The van der Waals surface area contributed by atoms with Crippen molar-refractivity contribution in [2.75, 3.05) is 7.11 Å². The van der Waals surface area contributed by atoms with Gasteiger partial charge in [0.2, 0.25) is 5.78 Å². The summed E-state index contributed by atoms with van der Waals surface area (Å²) in [4.78, 5) is 12.1. The lowest BCUT2D eigenvalue weighted by Crippen LogP contribution is -1.99. The Morgan fingerprint density at radius 1 is 1.10 bits per heavy atom. The number of para-hydroxylation sites is 1. The summed E-state index contributed by atoms with van der Waals surface area (Å²) < 4.78 is 5.16. The second-order valence-electron chi connectivity index (χ2n) is 4.33. The minimum atomic E-state index is -0.234. The first-order valence-electron chi connectivity index (χ1n) is 6.53. The number of carbonyl (C=O) groups is 1. The molecule has 0 aliphatic heterocycles. The zero-order chi connectivity index (χ0) is 14.4. The SMILES string of the molecule is CCc1ccc(C#CC(=O)c2ccccc2OC)cc1. The van der Waals surface area contributed by atoms with Gasteiger partial charge < -0.3 is 4.74 Å². The number of Topliss-reactive ketones (excluding diaryl/α,β-unsaturated/α-hetero) is 1. The topological polar surface area (TPSA) is 26.3 Å². The van der Waals surface area contributed by atoms with E-state index in [1.165, 1.54) is 5.56 Å². The molecule has 0 radical (unpaired) electrons. The lowest BCUT2D eigenvalue weighted by atomic mass is 10.1. The van der Waals surface area contributed by atoms with Gasteiger partial charge in [-0.25, -0.2) is 0 Å². The largest absolute Gasteiger partial charge is 0.496 e. The molecule has 0 aromatic heterocycles. The van der Waals surface area contributed by atoms with Crippen LogP contribution in [0.1, 0.15) is 28.4 Å². The number of ether oxygens (including phenoxy) is 1. The molecular weight excluding hydrogens is 248 g/mol. The molecular formula is C18H16O2. The van der Waals surface area contributed by atoms with E-state index in [1.807, 2.05) is 30.3 Å². The van der Waals surface area contributed by atoms with E-state index in [9.17, 15) is 4.79 Å². The van der Waals surface area contributed by atoms with Gasteiger partial charge in [-0.2, -0.15) is 0 Å². The molecule has 2 nitrogen and oxygen atoms in total. The zero-order valence-corrected chi connectivity index (χ0v) is 11.6. The Balaban J connectivity index is 2.21. The molecule has 2 aromatic carbocycles. The van der Waals surface area contributed by atoms with Gasteiger partial charge in [0.25, 0.3) is 0 Å². The standard InChI is InChI=1S/C18H16O2/c1-3-14-8-10-15(11-9-14)12-13-17(19)16-6-4-5-7-18(16)20-2/h4-11H,3H2,1-2H3. The number of methoxy groups -OCH3 is 1. The average Bonchev–Trinajstić information content (AvgIpc) is 2.53. The molecule has 0 aliphatic carbocycles. The van der Waals surface area contributed by atoms with Gasteiger partial charge in [-0.15, -0.1) is 0 Å². The first-order chi connectivity index (χ1) is 9.74. The molecule has 0 aliphatic rings. The fourth-order valence-corrected chi connectivity index (χ4v) is 1.85. The van der Waals surface area contributed by atoms with Crippen molar-refractivity contribution in [3.63, 3.8) is 0 Å². The number of ketones is 1. The zero-order valence-electron chi connectivity index (χ0n) is 11.6. The number of hydrogen-bond donors (Lipinski definition) is 0. The van der Waals surface area contributed by atoms with E-state index in [-0.39, 0.29) is 5.78 Å². The third-order valence-electron chi connectivity index (χ3n) is 3.03. The summed E-state index contributed by atoms with van der Waals surface area (Å²) in [6.07, 6.45) is 0.994. The minimum Gasteiger partial charge on any atom is -0.496 e. The Bertz CT molecular complexity index is 658. The molecule has 0 spiro atoms. The lowest BCUT2D eigenvalue weighted by molar-refractivity contribution is 0.105. The van der Waals surface area contributed by atoms with Crippen LogP contribution in [-0.4, -0.2) is 12.9 Å². The van der Waals surface area contributed by atoms with Crippen molar-refractivity contribution in [1.82, 2.24) is 0 Å². The van der Waals surface area contributed by atoms with Gasteiger partial charge in [0.05, 0.1) is 12.7 Å². The highest BCUT2D eigenvalue weighted by Crippen LogP contribution is 2.17. The maximum absolute atomic E-state index is 12.1. The second kappa shape index (κ2) is 6.58. The smallest absolute Gasteiger partial charge is 0.239 e. The van der Waals surface area contributed by atoms with Gasteiger partial charge in [-0.3, -0.25) is 4.79 Å². The molecule has 100 valence electrons. The molecule has 0 atom stereocenters. The highest BCUT2D eigenvalue weighted by atomic mass is 16.5. The summed E-state index contributed by atoms with van der Waals surface area (Å²) in [6.45, 7) is 2.10. The molecule has 0 heterocycles. The van der Waals surface area contributed by atoms with Crippen molar-refractivity contribution >= 4 is 5.78 Å². The number of benzene rings is 2. The van der Waals surface area contributed by atoms with Crippen molar-refractivity contribution in [1.29, 1.82) is 0 Å². The van der Waals surface area contributed by atoms with E-state index in [4.69, 9.17) is 4.74 Å². The average molecular weight is 264 g/mol. The normalized spacial score (nSPS) is 9.50. The Morgan fingerprint density at radius 2 is 1.80 bits per heavy atom. The quantitative estimate of drug-likeness (QED) is 0.626. The molecule has 2 rings (SSSR count). The van der Waals surface area contributed by atoms with E-state index in [2.05, 4.69) is 18.8 Å². The first-order valence-corrected chi connectivity index (χ1v) is 6.53. The number of aryl methyl sites for hydroxylation is 1. The Morgan fingerprint density at radius 3 is 2.45 bits per heavy atom. The van der Waals surface area contributed by atoms with Gasteiger partial charge >= 0.3 is 0 Å². The fraction of sp³-hybridized carbons (Fsp3) is 0.167. The van der Waals surface area contributed by atoms with Crippen molar-refractivity contribution in [2.24, 2.45) is 0 Å². The predicted molar refractivity (Wildman–Crippen MR) is 80.0 cm³/mol. The number of hydrogen-bond acceptors (Lipinski definition) is 2. The van der Waals surface area contributed by atoms with Crippen LogP contribution in [0.2, 0.25) is 0 Å². The van der Waals surface area contributed by atoms with E-state index in [1.54, 1.807) is 25.3 Å². The van der Waals surface area contributed by atoms with Gasteiger partial charge in [-0.1, -0.05) is 37.1 Å². The van der Waals surface area contributed by atoms with Crippen LogP contribution in [0.4, 0.5) is 0 Å². The summed E-state index contributed by atoms with van der Waals surface area (Å²) >= 11 is 0. The molecule has 0 N–H and O–H groups in total. The van der Waals surface area contributed by atoms with Crippen LogP contribution in [0.15, 0.2) is 48.5 Å². The van der Waals surface area contributed by atoms with Crippen molar-refractivity contribution in [3.05, 3.63) is 65.2 Å². The van der Waals surface area contributed by atoms with Crippen molar-refractivity contribution < 1.29 is 9.53 Å². The van der Waals surface area contributed by atoms with E-state index >= 15 is 0 Å². The van der Waals surface area contributed by atoms with Crippen LogP contribution in [-0.2, 0) is 6.42 Å². The van der Waals surface area contributed by atoms with Crippen LogP contribution in [0, 0.1) is 11.8 Å². The Labute approximate surface area is 119 Å². The predicted octanol–water partition coefficient (Wildman–Crippen LogP) is 3.49. The molecule has 2 heteroatoms. The van der Waals surface area contributed by atoms with Gasteiger partial charge in [0.15, 0.2) is 0 Å². The van der Waals surface area contributed by atoms with Gasteiger partial charge in [0.1, 0.15) is 5.75 Å². The van der Waals surface area contributed by atoms with Crippen molar-refractivity contribution in [2.45, 2.75) is 13.3 Å². The van der Waals surface area contributed by atoms with Crippen LogP contribution in [0.5, 0.6) is 5.75 Å². The summed E-state index contributed by atoms with van der Waals surface area (Å²) in [6, 6.07) is 15.0. The molecule has 0 bridgehead atoms. The van der Waals surface area contributed by atoms with E-state index in [0.29, 0.717) is 11.3 Å². The highest BCUT2D eigenvalue weighted by molar-refractivity contribution is 6.11. The monoisotopic (exact) mass is 264 g/mol. The Kier molecular flexibility index (Phi) is 4.57. The summed E-state index contributed by atoms with van der Waals surface area (Å²) in [5, 5.41) is 0. The summed E-state index contributed by atoms with van der Waals surface area (Å²) in [5.74, 6) is 5.86. The van der Waals surface area contributed by atoms with Crippen LogP contribution >= 0.6 is 0 Å².